The lowest BCUT2D eigenvalue weighted by Crippen LogP contribution is -2.28. The highest BCUT2D eigenvalue weighted by molar-refractivity contribution is 5.17. The molecule has 19 heavy (non-hydrogen) atoms. The Hall–Kier alpha value is -0.900. The quantitative estimate of drug-likeness (QED) is 0.858. The van der Waals surface area contributed by atoms with Gasteiger partial charge in [0.2, 0.25) is 0 Å². The first-order chi connectivity index (χ1) is 9.29. The zero-order valence-electron chi connectivity index (χ0n) is 11.6. The Labute approximate surface area is 115 Å². The van der Waals surface area contributed by atoms with Gasteiger partial charge in [-0.25, -0.2) is 0 Å². The van der Waals surface area contributed by atoms with Crippen molar-refractivity contribution in [2.24, 2.45) is 0 Å². The van der Waals surface area contributed by atoms with Crippen LogP contribution in [-0.4, -0.2) is 31.0 Å². The summed E-state index contributed by atoms with van der Waals surface area (Å²) in [5.74, 6) is 0. The van der Waals surface area contributed by atoms with Crippen molar-refractivity contribution in [1.29, 1.82) is 0 Å². The highest BCUT2D eigenvalue weighted by atomic mass is 16.5. The SMILES string of the molecule is COC1CCCC(OCCC(O)c2ccccc2)C1. The van der Waals surface area contributed by atoms with Crippen LogP contribution in [0.4, 0.5) is 0 Å². The van der Waals surface area contributed by atoms with Crippen LogP contribution in [0.2, 0.25) is 0 Å². The van der Waals surface area contributed by atoms with Gasteiger partial charge in [-0.05, 0) is 31.2 Å². The molecule has 0 spiro atoms. The maximum Gasteiger partial charge on any atom is 0.0812 e. The molecular weight excluding hydrogens is 240 g/mol. The van der Waals surface area contributed by atoms with Crippen molar-refractivity contribution in [2.75, 3.05) is 13.7 Å². The lowest BCUT2D eigenvalue weighted by Gasteiger charge is -2.28. The normalized spacial score (nSPS) is 25.2. The van der Waals surface area contributed by atoms with E-state index in [0.29, 0.717) is 25.2 Å². The molecule has 0 radical (unpaired) electrons. The zero-order chi connectivity index (χ0) is 13.5. The van der Waals surface area contributed by atoms with Gasteiger partial charge < -0.3 is 14.6 Å². The van der Waals surface area contributed by atoms with Gasteiger partial charge in [0.1, 0.15) is 0 Å². The standard InChI is InChI=1S/C16H24O3/c1-18-14-8-5-9-15(12-14)19-11-10-16(17)13-6-3-2-4-7-13/h2-4,6-7,14-17H,5,8-12H2,1H3. The molecule has 1 aliphatic carbocycles. The van der Waals surface area contributed by atoms with Gasteiger partial charge in [0, 0.05) is 20.1 Å². The third-order valence-corrected chi connectivity index (χ3v) is 3.84. The van der Waals surface area contributed by atoms with Crippen LogP contribution in [0.5, 0.6) is 0 Å². The molecule has 1 aromatic carbocycles. The average molecular weight is 264 g/mol. The maximum absolute atomic E-state index is 10.0. The van der Waals surface area contributed by atoms with E-state index in [-0.39, 0.29) is 0 Å². The fourth-order valence-electron chi connectivity index (χ4n) is 2.66. The topological polar surface area (TPSA) is 38.7 Å². The smallest absolute Gasteiger partial charge is 0.0812 e. The summed E-state index contributed by atoms with van der Waals surface area (Å²) in [6.45, 7) is 0.608. The number of aliphatic hydroxyl groups is 1. The minimum absolute atomic E-state index is 0.293. The van der Waals surface area contributed by atoms with Crippen LogP contribution in [-0.2, 0) is 9.47 Å². The third kappa shape index (κ3) is 4.60. The first-order valence-corrected chi connectivity index (χ1v) is 7.17. The van der Waals surface area contributed by atoms with Gasteiger partial charge in [-0.3, -0.25) is 0 Å². The second kappa shape index (κ2) is 7.63. The minimum atomic E-state index is -0.428. The average Bonchev–Trinajstić information content (AvgIpc) is 2.48. The Morgan fingerprint density at radius 2 is 1.95 bits per heavy atom. The van der Waals surface area contributed by atoms with Crippen molar-refractivity contribution in [3.05, 3.63) is 35.9 Å². The molecule has 1 saturated carbocycles. The molecule has 3 heteroatoms. The van der Waals surface area contributed by atoms with Crippen LogP contribution in [0.25, 0.3) is 0 Å². The Balaban J connectivity index is 1.69. The van der Waals surface area contributed by atoms with E-state index in [4.69, 9.17) is 9.47 Å². The predicted molar refractivity (Wildman–Crippen MR) is 75.0 cm³/mol. The molecule has 3 nitrogen and oxygen atoms in total. The Kier molecular flexibility index (Phi) is 5.83. The summed E-state index contributed by atoms with van der Waals surface area (Å²) in [5, 5.41) is 10.0. The van der Waals surface area contributed by atoms with E-state index in [1.54, 1.807) is 7.11 Å². The van der Waals surface area contributed by atoms with Crippen LogP contribution < -0.4 is 0 Å². The van der Waals surface area contributed by atoms with Crippen molar-refractivity contribution in [2.45, 2.75) is 50.4 Å². The van der Waals surface area contributed by atoms with E-state index in [1.165, 1.54) is 6.42 Å². The Morgan fingerprint density at radius 1 is 1.21 bits per heavy atom. The number of hydrogen-bond acceptors (Lipinski definition) is 3. The molecule has 0 amide bonds. The van der Waals surface area contributed by atoms with Crippen LogP contribution in [0.3, 0.4) is 0 Å². The van der Waals surface area contributed by atoms with Crippen LogP contribution in [0, 0.1) is 0 Å². The highest BCUT2D eigenvalue weighted by Crippen LogP contribution is 2.24. The van der Waals surface area contributed by atoms with Crippen LogP contribution in [0.1, 0.15) is 43.8 Å². The van der Waals surface area contributed by atoms with Gasteiger partial charge in [0.05, 0.1) is 18.3 Å². The molecule has 1 fully saturated rings. The molecule has 3 atom stereocenters. The van der Waals surface area contributed by atoms with Gasteiger partial charge in [0.15, 0.2) is 0 Å². The molecule has 0 heterocycles. The molecule has 3 unspecified atom stereocenters. The van der Waals surface area contributed by atoms with E-state index in [9.17, 15) is 5.11 Å². The maximum atomic E-state index is 10.0. The van der Waals surface area contributed by atoms with Crippen molar-refractivity contribution < 1.29 is 14.6 Å². The summed E-state index contributed by atoms with van der Waals surface area (Å²) in [7, 11) is 1.77. The molecule has 0 bridgehead atoms. The van der Waals surface area contributed by atoms with E-state index < -0.39 is 6.10 Å². The fraction of sp³-hybridized carbons (Fsp3) is 0.625. The van der Waals surface area contributed by atoms with Gasteiger partial charge in [-0.1, -0.05) is 30.3 Å². The van der Waals surface area contributed by atoms with Crippen molar-refractivity contribution in [3.63, 3.8) is 0 Å². The first-order valence-electron chi connectivity index (χ1n) is 7.17. The van der Waals surface area contributed by atoms with Crippen LogP contribution in [0.15, 0.2) is 30.3 Å². The van der Waals surface area contributed by atoms with Gasteiger partial charge in [-0.2, -0.15) is 0 Å². The molecule has 2 rings (SSSR count). The lowest BCUT2D eigenvalue weighted by atomic mass is 9.95. The van der Waals surface area contributed by atoms with E-state index in [2.05, 4.69) is 0 Å². The fourth-order valence-corrected chi connectivity index (χ4v) is 2.66. The molecule has 106 valence electrons. The van der Waals surface area contributed by atoms with Gasteiger partial charge in [-0.15, -0.1) is 0 Å². The molecule has 0 saturated heterocycles. The molecular formula is C16H24O3. The van der Waals surface area contributed by atoms with E-state index >= 15 is 0 Å². The molecule has 0 aliphatic heterocycles. The van der Waals surface area contributed by atoms with Gasteiger partial charge in [0.25, 0.3) is 0 Å². The Bertz CT molecular complexity index is 352. The molecule has 0 aromatic heterocycles. The van der Waals surface area contributed by atoms with Gasteiger partial charge >= 0.3 is 0 Å². The van der Waals surface area contributed by atoms with Crippen molar-refractivity contribution >= 4 is 0 Å². The summed E-state index contributed by atoms with van der Waals surface area (Å²) in [5.41, 5.74) is 0.963. The summed E-state index contributed by atoms with van der Waals surface area (Å²) < 4.78 is 11.3. The summed E-state index contributed by atoms with van der Waals surface area (Å²) >= 11 is 0. The van der Waals surface area contributed by atoms with Crippen molar-refractivity contribution in [3.8, 4) is 0 Å². The second-order valence-electron chi connectivity index (χ2n) is 5.23. The van der Waals surface area contributed by atoms with E-state index in [1.807, 2.05) is 30.3 Å². The monoisotopic (exact) mass is 264 g/mol. The highest BCUT2D eigenvalue weighted by Gasteiger charge is 2.22. The predicted octanol–water partition coefficient (Wildman–Crippen LogP) is 3.08. The first kappa shape index (κ1) is 14.5. The number of hydrogen-bond donors (Lipinski definition) is 1. The summed E-state index contributed by atoms with van der Waals surface area (Å²) in [6.07, 6.45) is 5.27. The largest absolute Gasteiger partial charge is 0.388 e. The third-order valence-electron chi connectivity index (χ3n) is 3.84. The lowest BCUT2D eigenvalue weighted by molar-refractivity contribution is -0.0372. The number of rotatable bonds is 6. The zero-order valence-corrected chi connectivity index (χ0v) is 11.6. The summed E-state index contributed by atoms with van der Waals surface area (Å²) in [4.78, 5) is 0. The number of aliphatic hydroxyl groups excluding tert-OH is 1. The molecule has 1 aliphatic rings. The number of benzene rings is 1. The van der Waals surface area contributed by atoms with E-state index in [0.717, 1.165) is 24.8 Å². The Morgan fingerprint density at radius 3 is 2.68 bits per heavy atom. The van der Waals surface area contributed by atoms with Crippen molar-refractivity contribution in [1.82, 2.24) is 0 Å². The van der Waals surface area contributed by atoms with Crippen LogP contribution >= 0.6 is 0 Å². The number of methoxy groups -OCH3 is 1. The number of ether oxygens (including phenoxy) is 2. The molecule has 1 aromatic rings. The second-order valence-corrected chi connectivity index (χ2v) is 5.23. The minimum Gasteiger partial charge on any atom is -0.388 e. The molecule has 1 N–H and O–H groups in total. The summed E-state index contributed by atoms with van der Waals surface area (Å²) in [6, 6.07) is 9.76.